The highest BCUT2D eigenvalue weighted by atomic mass is 15.2. The fraction of sp³-hybridized carbons (Fsp3) is 0.455. The van der Waals surface area contributed by atoms with Gasteiger partial charge in [-0.3, -0.25) is 4.90 Å². The summed E-state index contributed by atoms with van der Waals surface area (Å²) in [6, 6.07) is 22.8. The van der Waals surface area contributed by atoms with Gasteiger partial charge in [0, 0.05) is 6.04 Å². The molecule has 1 fully saturated rings. The summed E-state index contributed by atoms with van der Waals surface area (Å²) in [6.45, 7) is 4.75. The van der Waals surface area contributed by atoms with Gasteiger partial charge in [0.15, 0.2) is 0 Å². The number of nitrogens with zero attached hydrogens (tertiary/aromatic N) is 1. The van der Waals surface area contributed by atoms with Crippen molar-refractivity contribution < 1.29 is 0 Å². The highest BCUT2D eigenvalue weighted by molar-refractivity contribution is 5.22. The van der Waals surface area contributed by atoms with Gasteiger partial charge in [0.05, 0.1) is 0 Å². The van der Waals surface area contributed by atoms with Gasteiger partial charge in [0.1, 0.15) is 0 Å². The SMILES string of the molecule is CCCCC(c1ccccc1)N1CCC(c2ccccc2)CC1. The van der Waals surface area contributed by atoms with Crippen molar-refractivity contribution in [1.82, 2.24) is 4.90 Å². The van der Waals surface area contributed by atoms with Gasteiger partial charge in [-0.2, -0.15) is 0 Å². The van der Waals surface area contributed by atoms with Gasteiger partial charge >= 0.3 is 0 Å². The largest absolute Gasteiger partial charge is 0.296 e. The molecule has 1 saturated heterocycles. The molecule has 1 heterocycles. The lowest BCUT2D eigenvalue weighted by molar-refractivity contribution is 0.143. The van der Waals surface area contributed by atoms with E-state index < -0.39 is 0 Å². The predicted octanol–water partition coefficient (Wildman–Crippen LogP) is 5.80. The van der Waals surface area contributed by atoms with E-state index in [0.29, 0.717) is 6.04 Å². The average Bonchev–Trinajstić information content (AvgIpc) is 2.64. The maximum Gasteiger partial charge on any atom is 0.0348 e. The second kappa shape index (κ2) is 8.31. The molecular weight excluding hydrogens is 278 g/mol. The fourth-order valence-electron chi connectivity index (χ4n) is 3.90. The lowest BCUT2D eigenvalue weighted by Crippen LogP contribution is -2.36. The van der Waals surface area contributed by atoms with Crippen molar-refractivity contribution in [3.63, 3.8) is 0 Å². The van der Waals surface area contributed by atoms with Crippen LogP contribution in [0.25, 0.3) is 0 Å². The van der Waals surface area contributed by atoms with Gasteiger partial charge in [0.2, 0.25) is 0 Å². The Morgan fingerprint density at radius 1 is 0.913 bits per heavy atom. The van der Waals surface area contributed by atoms with Crippen molar-refractivity contribution >= 4 is 0 Å². The first-order valence-electron chi connectivity index (χ1n) is 9.22. The second-order valence-electron chi connectivity index (χ2n) is 6.79. The standard InChI is InChI=1S/C22H29N/c1-2-3-14-22(21-12-8-5-9-13-21)23-17-15-20(16-18-23)19-10-6-4-7-11-19/h4-13,20,22H,2-3,14-18H2,1H3. The van der Waals surface area contributed by atoms with Crippen molar-refractivity contribution in [3.05, 3.63) is 71.8 Å². The van der Waals surface area contributed by atoms with E-state index in [9.17, 15) is 0 Å². The molecule has 122 valence electrons. The highest BCUT2D eigenvalue weighted by Crippen LogP contribution is 2.34. The van der Waals surface area contributed by atoms with Crippen LogP contribution in [0.1, 0.15) is 62.1 Å². The number of rotatable bonds is 6. The van der Waals surface area contributed by atoms with E-state index in [0.717, 1.165) is 5.92 Å². The van der Waals surface area contributed by atoms with Gasteiger partial charge in [-0.05, 0) is 49.4 Å². The lowest BCUT2D eigenvalue weighted by atomic mass is 9.87. The average molecular weight is 307 g/mol. The Labute approximate surface area is 141 Å². The van der Waals surface area contributed by atoms with Crippen molar-refractivity contribution in [1.29, 1.82) is 0 Å². The summed E-state index contributed by atoms with van der Waals surface area (Å²) < 4.78 is 0. The predicted molar refractivity (Wildman–Crippen MR) is 98.7 cm³/mol. The summed E-state index contributed by atoms with van der Waals surface area (Å²) >= 11 is 0. The van der Waals surface area contributed by atoms with Crippen LogP contribution in [0.2, 0.25) is 0 Å². The molecule has 23 heavy (non-hydrogen) atoms. The Bertz CT molecular complexity index is 555. The zero-order chi connectivity index (χ0) is 15.9. The van der Waals surface area contributed by atoms with E-state index in [1.807, 2.05) is 0 Å². The molecule has 0 N–H and O–H groups in total. The number of benzene rings is 2. The number of hydrogen-bond acceptors (Lipinski definition) is 1. The third-order valence-electron chi connectivity index (χ3n) is 5.26. The van der Waals surface area contributed by atoms with Crippen LogP contribution in [-0.4, -0.2) is 18.0 Å². The summed E-state index contributed by atoms with van der Waals surface area (Å²) in [5.41, 5.74) is 3.02. The molecule has 1 aliphatic rings. The molecule has 0 aliphatic carbocycles. The van der Waals surface area contributed by atoms with Crippen LogP contribution in [-0.2, 0) is 0 Å². The van der Waals surface area contributed by atoms with Crippen LogP contribution in [0.4, 0.5) is 0 Å². The first kappa shape index (κ1) is 16.3. The Morgan fingerprint density at radius 3 is 2.13 bits per heavy atom. The molecule has 2 aromatic rings. The number of piperidine rings is 1. The molecule has 0 bridgehead atoms. The van der Waals surface area contributed by atoms with Crippen LogP contribution in [0.5, 0.6) is 0 Å². The number of unbranched alkanes of at least 4 members (excludes halogenated alkanes) is 1. The highest BCUT2D eigenvalue weighted by Gasteiger charge is 2.26. The van der Waals surface area contributed by atoms with Gasteiger partial charge in [-0.15, -0.1) is 0 Å². The summed E-state index contributed by atoms with van der Waals surface area (Å²) in [7, 11) is 0. The molecule has 1 unspecified atom stereocenters. The van der Waals surface area contributed by atoms with E-state index in [-0.39, 0.29) is 0 Å². The van der Waals surface area contributed by atoms with Gasteiger partial charge in [-0.25, -0.2) is 0 Å². The van der Waals surface area contributed by atoms with E-state index in [4.69, 9.17) is 0 Å². The molecule has 0 amide bonds. The molecule has 0 radical (unpaired) electrons. The van der Waals surface area contributed by atoms with Crippen LogP contribution >= 0.6 is 0 Å². The van der Waals surface area contributed by atoms with Crippen molar-refractivity contribution in [2.45, 2.75) is 51.0 Å². The quantitative estimate of drug-likeness (QED) is 0.652. The molecule has 0 aromatic heterocycles. The molecule has 1 atom stereocenters. The summed E-state index contributed by atoms with van der Waals surface area (Å²) in [5, 5.41) is 0. The molecule has 3 rings (SSSR count). The molecule has 0 saturated carbocycles. The molecule has 1 heteroatoms. The summed E-state index contributed by atoms with van der Waals surface area (Å²) in [4.78, 5) is 2.73. The molecule has 2 aromatic carbocycles. The van der Waals surface area contributed by atoms with E-state index in [1.165, 1.54) is 56.3 Å². The van der Waals surface area contributed by atoms with E-state index in [1.54, 1.807) is 0 Å². The third-order valence-corrected chi connectivity index (χ3v) is 5.26. The lowest BCUT2D eigenvalue weighted by Gasteiger charge is -2.38. The monoisotopic (exact) mass is 307 g/mol. The zero-order valence-corrected chi connectivity index (χ0v) is 14.3. The Morgan fingerprint density at radius 2 is 1.52 bits per heavy atom. The van der Waals surface area contributed by atoms with E-state index in [2.05, 4.69) is 72.5 Å². The minimum Gasteiger partial charge on any atom is -0.296 e. The van der Waals surface area contributed by atoms with Crippen LogP contribution < -0.4 is 0 Å². The van der Waals surface area contributed by atoms with Crippen LogP contribution in [0, 0.1) is 0 Å². The van der Waals surface area contributed by atoms with Gasteiger partial charge < -0.3 is 0 Å². The Kier molecular flexibility index (Phi) is 5.87. The maximum absolute atomic E-state index is 2.73. The smallest absolute Gasteiger partial charge is 0.0348 e. The van der Waals surface area contributed by atoms with Crippen molar-refractivity contribution in [3.8, 4) is 0 Å². The second-order valence-corrected chi connectivity index (χ2v) is 6.79. The molecular formula is C22H29N. The number of hydrogen-bond donors (Lipinski definition) is 0. The van der Waals surface area contributed by atoms with E-state index >= 15 is 0 Å². The van der Waals surface area contributed by atoms with Gasteiger partial charge in [0.25, 0.3) is 0 Å². The first-order chi connectivity index (χ1) is 11.4. The normalized spacial score (nSPS) is 18.0. The van der Waals surface area contributed by atoms with Crippen molar-refractivity contribution in [2.24, 2.45) is 0 Å². The minimum atomic E-state index is 0.605. The van der Waals surface area contributed by atoms with Gasteiger partial charge in [-0.1, -0.05) is 80.4 Å². The maximum atomic E-state index is 2.73. The van der Waals surface area contributed by atoms with Crippen LogP contribution in [0.3, 0.4) is 0 Å². The Hall–Kier alpha value is -1.60. The number of likely N-dealkylation sites (tertiary alicyclic amines) is 1. The first-order valence-corrected chi connectivity index (χ1v) is 9.22. The zero-order valence-electron chi connectivity index (χ0n) is 14.3. The van der Waals surface area contributed by atoms with Crippen molar-refractivity contribution in [2.75, 3.05) is 13.1 Å². The Balaban J connectivity index is 1.65. The fourth-order valence-corrected chi connectivity index (χ4v) is 3.90. The molecule has 1 nitrogen and oxygen atoms in total. The minimum absolute atomic E-state index is 0.605. The third kappa shape index (κ3) is 4.23. The summed E-state index contributed by atoms with van der Waals surface area (Å²) in [5.74, 6) is 0.745. The topological polar surface area (TPSA) is 3.24 Å². The summed E-state index contributed by atoms with van der Waals surface area (Å²) in [6.07, 6.45) is 6.47. The van der Waals surface area contributed by atoms with Crippen LogP contribution in [0.15, 0.2) is 60.7 Å². The molecule has 1 aliphatic heterocycles. The molecule has 0 spiro atoms.